The number of carbonyl (C=O) groups excluding carboxylic acids is 1. The Labute approximate surface area is 112 Å². The summed E-state index contributed by atoms with van der Waals surface area (Å²) < 4.78 is 29.4. The number of hydrogen-bond donors (Lipinski definition) is 0. The van der Waals surface area contributed by atoms with Gasteiger partial charge < -0.3 is 4.74 Å². The lowest BCUT2D eigenvalue weighted by atomic mass is 10.1. The standard InChI is InChI=1S/C12H18N2O4S/c1-9(19(2,16)17)8-18-12(15)10-7-13-14-6-4-3-5-11(10)14/h7,9H,3-6,8H2,1-2H3/t9-/m1/s1. The summed E-state index contributed by atoms with van der Waals surface area (Å²) in [7, 11) is -3.18. The van der Waals surface area contributed by atoms with Crippen molar-refractivity contribution >= 4 is 15.8 Å². The second-order valence-electron chi connectivity index (χ2n) is 4.92. The minimum Gasteiger partial charge on any atom is -0.461 e. The van der Waals surface area contributed by atoms with Crippen molar-refractivity contribution in [3.63, 3.8) is 0 Å². The predicted molar refractivity (Wildman–Crippen MR) is 69.8 cm³/mol. The van der Waals surface area contributed by atoms with E-state index in [0.29, 0.717) is 5.56 Å². The van der Waals surface area contributed by atoms with Crippen molar-refractivity contribution in [2.45, 2.75) is 38.0 Å². The number of carbonyl (C=O) groups is 1. The van der Waals surface area contributed by atoms with Crippen LogP contribution >= 0.6 is 0 Å². The number of nitrogens with zero attached hydrogens (tertiary/aromatic N) is 2. The zero-order chi connectivity index (χ0) is 14.0. The van der Waals surface area contributed by atoms with Crippen molar-refractivity contribution in [2.75, 3.05) is 12.9 Å². The Hall–Kier alpha value is -1.37. The van der Waals surface area contributed by atoms with Crippen LogP contribution in [0.5, 0.6) is 0 Å². The first-order valence-electron chi connectivity index (χ1n) is 6.30. The highest BCUT2D eigenvalue weighted by Gasteiger charge is 2.23. The Kier molecular flexibility index (Phi) is 3.93. The van der Waals surface area contributed by atoms with E-state index in [4.69, 9.17) is 4.74 Å². The molecule has 106 valence electrons. The average Bonchev–Trinajstić information content (AvgIpc) is 2.78. The molecule has 0 fully saturated rings. The Bertz CT molecular complexity index is 577. The van der Waals surface area contributed by atoms with Gasteiger partial charge >= 0.3 is 5.97 Å². The topological polar surface area (TPSA) is 78.3 Å². The summed E-state index contributed by atoms with van der Waals surface area (Å²) in [5, 5.41) is 3.46. The zero-order valence-electron chi connectivity index (χ0n) is 11.1. The van der Waals surface area contributed by atoms with E-state index in [-0.39, 0.29) is 6.61 Å². The summed E-state index contributed by atoms with van der Waals surface area (Å²) in [6, 6.07) is 0. The summed E-state index contributed by atoms with van der Waals surface area (Å²) in [5.74, 6) is -0.487. The SMILES string of the molecule is C[C@H](COC(=O)c1cnn2c1CCCC2)S(C)(=O)=O. The van der Waals surface area contributed by atoms with Crippen molar-refractivity contribution < 1.29 is 17.9 Å². The number of hydrogen-bond acceptors (Lipinski definition) is 5. The molecule has 0 amide bonds. The molecule has 0 radical (unpaired) electrons. The molecule has 6 nitrogen and oxygen atoms in total. The summed E-state index contributed by atoms with van der Waals surface area (Å²) in [6.45, 7) is 2.22. The van der Waals surface area contributed by atoms with Gasteiger partial charge in [-0.1, -0.05) is 0 Å². The van der Waals surface area contributed by atoms with Crippen LogP contribution in [0.3, 0.4) is 0 Å². The molecule has 7 heteroatoms. The molecular weight excluding hydrogens is 268 g/mol. The largest absolute Gasteiger partial charge is 0.461 e. The summed E-state index contributed by atoms with van der Waals surface area (Å²) >= 11 is 0. The zero-order valence-corrected chi connectivity index (χ0v) is 11.9. The molecule has 0 aromatic carbocycles. The number of aromatic nitrogens is 2. The Balaban J connectivity index is 2.03. The fourth-order valence-electron chi connectivity index (χ4n) is 1.99. The van der Waals surface area contributed by atoms with Crippen LogP contribution in [0.25, 0.3) is 0 Å². The monoisotopic (exact) mass is 286 g/mol. The first-order chi connectivity index (χ1) is 8.89. The van der Waals surface area contributed by atoms with Gasteiger partial charge in [0.25, 0.3) is 0 Å². The molecule has 19 heavy (non-hydrogen) atoms. The van der Waals surface area contributed by atoms with Crippen molar-refractivity contribution in [3.8, 4) is 0 Å². The molecule has 0 saturated carbocycles. The van der Waals surface area contributed by atoms with Crippen LogP contribution in [0, 0.1) is 0 Å². The Morgan fingerprint density at radius 2 is 2.26 bits per heavy atom. The smallest absolute Gasteiger partial charge is 0.341 e. The van der Waals surface area contributed by atoms with E-state index in [2.05, 4.69) is 5.10 Å². The van der Waals surface area contributed by atoms with E-state index in [0.717, 1.165) is 37.8 Å². The quantitative estimate of drug-likeness (QED) is 0.765. The number of aryl methyl sites for hydroxylation is 1. The maximum absolute atomic E-state index is 11.9. The molecule has 0 saturated heterocycles. The lowest BCUT2D eigenvalue weighted by Gasteiger charge is -2.15. The van der Waals surface area contributed by atoms with Crippen LogP contribution in [-0.4, -0.2) is 42.3 Å². The second-order valence-corrected chi connectivity index (χ2v) is 7.39. The Morgan fingerprint density at radius 1 is 1.53 bits per heavy atom. The van der Waals surface area contributed by atoms with Gasteiger partial charge in [0.2, 0.25) is 0 Å². The molecule has 1 aromatic heterocycles. The van der Waals surface area contributed by atoms with Gasteiger partial charge in [-0.25, -0.2) is 13.2 Å². The van der Waals surface area contributed by atoms with E-state index < -0.39 is 21.1 Å². The third kappa shape index (κ3) is 3.15. The molecule has 0 spiro atoms. The third-order valence-electron chi connectivity index (χ3n) is 3.38. The molecule has 2 rings (SSSR count). The van der Waals surface area contributed by atoms with Gasteiger partial charge in [0.15, 0.2) is 9.84 Å². The van der Waals surface area contributed by atoms with Gasteiger partial charge in [-0.2, -0.15) is 5.10 Å². The van der Waals surface area contributed by atoms with Crippen LogP contribution in [0.4, 0.5) is 0 Å². The van der Waals surface area contributed by atoms with Crippen LogP contribution < -0.4 is 0 Å². The number of ether oxygens (including phenoxy) is 1. The summed E-state index contributed by atoms with van der Waals surface area (Å²) in [4.78, 5) is 11.9. The van der Waals surface area contributed by atoms with Crippen molar-refractivity contribution in [2.24, 2.45) is 0 Å². The summed E-state index contributed by atoms with van der Waals surface area (Å²) in [5.41, 5.74) is 1.35. The van der Waals surface area contributed by atoms with Crippen LogP contribution in [-0.2, 0) is 27.5 Å². The number of rotatable bonds is 4. The highest BCUT2D eigenvalue weighted by Crippen LogP contribution is 2.18. The summed E-state index contributed by atoms with van der Waals surface area (Å²) in [6.07, 6.45) is 5.55. The molecular formula is C12H18N2O4S. The van der Waals surface area contributed by atoms with E-state index in [1.54, 1.807) is 0 Å². The van der Waals surface area contributed by atoms with E-state index >= 15 is 0 Å². The van der Waals surface area contributed by atoms with Crippen LogP contribution in [0.2, 0.25) is 0 Å². The molecule has 1 aliphatic rings. The van der Waals surface area contributed by atoms with E-state index in [1.807, 2.05) is 4.68 Å². The first kappa shape index (κ1) is 14.0. The molecule has 0 bridgehead atoms. The Morgan fingerprint density at radius 3 is 2.95 bits per heavy atom. The normalized spacial score (nSPS) is 16.7. The number of esters is 1. The molecule has 0 unspecified atom stereocenters. The van der Waals surface area contributed by atoms with Gasteiger partial charge in [0.1, 0.15) is 12.2 Å². The third-order valence-corrected chi connectivity index (χ3v) is 4.98. The van der Waals surface area contributed by atoms with Crippen LogP contribution in [0.1, 0.15) is 35.8 Å². The van der Waals surface area contributed by atoms with Gasteiger partial charge in [0.05, 0.1) is 17.1 Å². The highest BCUT2D eigenvalue weighted by atomic mass is 32.2. The van der Waals surface area contributed by atoms with Crippen molar-refractivity contribution in [3.05, 3.63) is 17.5 Å². The first-order valence-corrected chi connectivity index (χ1v) is 8.25. The van der Waals surface area contributed by atoms with Gasteiger partial charge in [-0.3, -0.25) is 4.68 Å². The number of sulfone groups is 1. The van der Waals surface area contributed by atoms with Gasteiger partial charge in [0, 0.05) is 12.8 Å². The van der Waals surface area contributed by atoms with Crippen molar-refractivity contribution in [1.29, 1.82) is 0 Å². The maximum Gasteiger partial charge on any atom is 0.341 e. The van der Waals surface area contributed by atoms with Crippen LogP contribution in [0.15, 0.2) is 6.20 Å². The molecule has 1 atom stereocenters. The fourth-order valence-corrected chi connectivity index (χ4v) is 2.30. The predicted octanol–water partition coefficient (Wildman–Crippen LogP) is 0.809. The lowest BCUT2D eigenvalue weighted by molar-refractivity contribution is 0.0506. The molecule has 2 heterocycles. The van der Waals surface area contributed by atoms with E-state index in [1.165, 1.54) is 13.1 Å². The molecule has 0 N–H and O–H groups in total. The highest BCUT2D eigenvalue weighted by molar-refractivity contribution is 7.91. The molecule has 1 aromatic rings. The second kappa shape index (κ2) is 5.32. The van der Waals surface area contributed by atoms with Gasteiger partial charge in [-0.05, 0) is 26.2 Å². The minimum absolute atomic E-state index is 0.123. The average molecular weight is 286 g/mol. The maximum atomic E-state index is 11.9. The van der Waals surface area contributed by atoms with Crippen molar-refractivity contribution in [1.82, 2.24) is 9.78 Å². The number of fused-ring (bicyclic) bond motifs is 1. The minimum atomic E-state index is -3.18. The van der Waals surface area contributed by atoms with E-state index in [9.17, 15) is 13.2 Å². The lowest BCUT2D eigenvalue weighted by Crippen LogP contribution is -2.24. The molecule has 0 aliphatic carbocycles. The van der Waals surface area contributed by atoms with Gasteiger partial charge in [-0.15, -0.1) is 0 Å². The fraction of sp³-hybridized carbons (Fsp3) is 0.667. The molecule has 1 aliphatic heterocycles.